The van der Waals surface area contributed by atoms with E-state index in [2.05, 4.69) is 20.6 Å². The van der Waals surface area contributed by atoms with Crippen LogP contribution in [-0.4, -0.2) is 26.2 Å². The molecule has 1 aromatic carbocycles. The molecule has 4 rings (SSSR count). The first-order valence-corrected chi connectivity index (χ1v) is 9.14. The fourth-order valence-electron chi connectivity index (χ4n) is 2.96. The van der Waals surface area contributed by atoms with Gasteiger partial charge in [-0.2, -0.15) is 0 Å². The average Bonchev–Trinajstić information content (AvgIpc) is 3.14. The summed E-state index contributed by atoms with van der Waals surface area (Å²) in [5, 5.41) is 5.65. The van der Waals surface area contributed by atoms with Gasteiger partial charge in [-0.3, -0.25) is 19.0 Å². The van der Waals surface area contributed by atoms with Crippen molar-refractivity contribution in [1.82, 2.24) is 19.7 Å². The van der Waals surface area contributed by atoms with Crippen LogP contribution in [0.25, 0.3) is 5.52 Å². The van der Waals surface area contributed by atoms with Crippen LogP contribution in [0.1, 0.15) is 32.2 Å². The summed E-state index contributed by atoms with van der Waals surface area (Å²) in [6, 6.07) is 16.5. The number of rotatable bonds is 5. The molecule has 0 spiro atoms. The highest BCUT2D eigenvalue weighted by Gasteiger charge is 2.21. The molecule has 0 radical (unpaired) electrons. The van der Waals surface area contributed by atoms with Gasteiger partial charge in [0.05, 0.1) is 5.52 Å². The first kappa shape index (κ1) is 18.4. The molecule has 144 valence electrons. The van der Waals surface area contributed by atoms with E-state index in [0.29, 0.717) is 17.7 Å². The van der Waals surface area contributed by atoms with Crippen LogP contribution in [0.15, 0.2) is 73.2 Å². The molecule has 0 bridgehead atoms. The second-order valence-corrected chi connectivity index (χ2v) is 6.60. The predicted molar refractivity (Wildman–Crippen MR) is 110 cm³/mol. The Labute approximate surface area is 167 Å². The maximum Gasteiger partial charge on any atom is 0.287 e. The number of anilines is 1. The monoisotopic (exact) mass is 385 g/mol. The van der Waals surface area contributed by atoms with Crippen molar-refractivity contribution in [3.63, 3.8) is 0 Å². The standard InChI is InChI=1S/C22H19N5O2/c1-15-7-9-17(10-8-15)25-21(28)19-18-6-2-3-12-27(18)20(26-19)22(29)24-14-16-5-4-11-23-13-16/h2-13H,14H2,1H3,(H,24,29)(H,25,28). The molecule has 0 fully saturated rings. The lowest BCUT2D eigenvalue weighted by Crippen LogP contribution is -2.25. The van der Waals surface area contributed by atoms with Gasteiger partial charge < -0.3 is 10.6 Å². The summed E-state index contributed by atoms with van der Waals surface area (Å²) in [5.74, 6) is -0.591. The molecule has 7 nitrogen and oxygen atoms in total. The van der Waals surface area contributed by atoms with E-state index in [4.69, 9.17) is 0 Å². The topological polar surface area (TPSA) is 88.4 Å². The Morgan fingerprint density at radius 1 is 1.00 bits per heavy atom. The van der Waals surface area contributed by atoms with Gasteiger partial charge in [0.2, 0.25) is 5.82 Å². The zero-order chi connectivity index (χ0) is 20.2. The van der Waals surface area contributed by atoms with Crippen LogP contribution in [0.2, 0.25) is 0 Å². The fourth-order valence-corrected chi connectivity index (χ4v) is 2.96. The summed E-state index contributed by atoms with van der Waals surface area (Å²) in [5.41, 5.74) is 3.39. The van der Waals surface area contributed by atoms with E-state index in [0.717, 1.165) is 11.1 Å². The lowest BCUT2D eigenvalue weighted by atomic mass is 10.2. The summed E-state index contributed by atoms with van der Waals surface area (Å²) in [6.45, 7) is 2.30. The van der Waals surface area contributed by atoms with Crippen molar-refractivity contribution in [2.75, 3.05) is 5.32 Å². The number of amides is 2. The smallest absolute Gasteiger partial charge is 0.287 e. The molecule has 0 saturated carbocycles. The van der Waals surface area contributed by atoms with Crippen molar-refractivity contribution in [2.45, 2.75) is 13.5 Å². The molecule has 0 aliphatic rings. The number of hydrogen-bond acceptors (Lipinski definition) is 4. The number of nitrogens with one attached hydrogen (secondary N) is 2. The van der Waals surface area contributed by atoms with Crippen LogP contribution in [-0.2, 0) is 6.54 Å². The molecule has 3 heterocycles. The summed E-state index contributed by atoms with van der Waals surface area (Å²) in [6.07, 6.45) is 5.07. The molecule has 0 aliphatic heterocycles. The molecule has 2 N–H and O–H groups in total. The molecule has 0 atom stereocenters. The molecule has 3 aromatic heterocycles. The van der Waals surface area contributed by atoms with Crippen LogP contribution in [0.5, 0.6) is 0 Å². The van der Waals surface area contributed by atoms with Gasteiger partial charge in [-0.1, -0.05) is 29.8 Å². The molecule has 0 unspecified atom stereocenters. The first-order chi connectivity index (χ1) is 14.1. The van der Waals surface area contributed by atoms with Crippen molar-refractivity contribution < 1.29 is 9.59 Å². The second kappa shape index (κ2) is 7.93. The Balaban J connectivity index is 1.60. The highest BCUT2D eigenvalue weighted by Crippen LogP contribution is 2.16. The zero-order valence-corrected chi connectivity index (χ0v) is 15.8. The minimum Gasteiger partial charge on any atom is -0.345 e. The largest absolute Gasteiger partial charge is 0.345 e. The second-order valence-electron chi connectivity index (χ2n) is 6.60. The lowest BCUT2D eigenvalue weighted by Gasteiger charge is -2.04. The van der Waals surface area contributed by atoms with E-state index in [1.165, 1.54) is 0 Å². The van der Waals surface area contributed by atoms with Gasteiger partial charge in [0.25, 0.3) is 11.8 Å². The van der Waals surface area contributed by atoms with E-state index < -0.39 is 0 Å². The molecule has 2 amide bonds. The fraction of sp³-hybridized carbons (Fsp3) is 0.0909. The quantitative estimate of drug-likeness (QED) is 0.552. The maximum absolute atomic E-state index is 12.8. The van der Waals surface area contributed by atoms with Crippen molar-refractivity contribution in [2.24, 2.45) is 0 Å². The van der Waals surface area contributed by atoms with Gasteiger partial charge >= 0.3 is 0 Å². The predicted octanol–water partition coefficient (Wildman–Crippen LogP) is 3.22. The minimum absolute atomic E-state index is 0.151. The highest BCUT2D eigenvalue weighted by molar-refractivity contribution is 6.08. The number of aryl methyl sites for hydroxylation is 1. The number of pyridine rings is 2. The molecule has 29 heavy (non-hydrogen) atoms. The Kier molecular flexibility index (Phi) is 5.03. The van der Waals surface area contributed by atoms with Gasteiger partial charge in [0.1, 0.15) is 0 Å². The molecular weight excluding hydrogens is 366 g/mol. The Morgan fingerprint density at radius 3 is 2.59 bits per heavy atom. The van der Waals surface area contributed by atoms with Crippen LogP contribution >= 0.6 is 0 Å². The van der Waals surface area contributed by atoms with E-state index in [1.54, 1.807) is 47.3 Å². The SMILES string of the molecule is Cc1ccc(NC(=O)c2nc(C(=O)NCc3cccnc3)n3ccccc23)cc1. The van der Waals surface area contributed by atoms with Crippen molar-refractivity contribution in [3.05, 3.63) is 95.8 Å². The van der Waals surface area contributed by atoms with Crippen LogP contribution in [0, 0.1) is 6.92 Å². The molecule has 7 heteroatoms. The van der Waals surface area contributed by atoms with E-state index in [9.17, 15) is 9.59 Å². The Morgan fingerprint density at radius 2 is 1.83 bits per heavy atom. The molecule has 0 aliphatic carbocycles. The maximum atomic E-state index is 12.8. The van der Waals surface area contributed by atoms with Crippen LogP contribution < -0.4 is 10.6 Å². The number of carbonyl (C=O) groups excluding carboxylic acids is 2. The zero-order valence-electron chi connectivity index (χ0n) is 15.8. The van der Waals surface area contributed by atoms with Gasteiger partial charge in [0, 0.05) is 30.8 Å². The van der Waals surface area contributed by atoms with E-state index >= 15 is 0 Å². The number of imidazole rings is 1. The molecule has 0 saturated heterocycles. The third-order valence-electron chi connectivity index (χ3n) is 4.45. The van der Waals surface area contributed by atoms with Crippen molar-refractivity contribution in [3.8, 4) is 0 Å². The van der Waals surface area contributed by atoms with Crippen molar-refractivity contribution in [1.29, 1.82) is 0 Å². The van der Waals surface area contributed by atoms with Crippen LogP contribution in [0.4, 0.5) is 5.69 Å². The van der Waals surface area contributed by atoms with E-state index in [1.807, 2.05) is 37.3 Å². The first-order valence-electron chi connectivity index (χ1n) is 9.14. The van der Waals surface area contributed by atoms with E-state index in [-0.39, 0.29) is 23.3 Å². The number of nitrogens with zero attached hydrogens (tertiary/aromatic N) is 3. The summed E-state index contributed by atoms with van der Waals surface area (Å²) in [7, 11) is 0. The van der Waals surface area contributed by atoms with Crippen molar-refractivity contribution >= 4 is 23.0 Å². The van der Waals surface area contributed by atoms with Gasteiger partial charge in [-0.05, 0) is 42.8 Å². The summed E-state index contributed by atoms with van der Waals surface area (Å²) in [4.78, 5) is 33.9. The lowest BCUT2D eigenvalue weighted by molar-refractivity contribution is 0.0940. The normalized spacial score (nSPS) is 10.7. The summed E-state index contributed by atoms with van der Waals surface area (Å²) >= 11 is 0. The Hall–Kier alpha value is -4.00. The minimum atomic E-state index is -0.371. The summed E-state index contributed by atoms with van der Waals surface area (Å²) < 4.78 is 1.61. The average molecular weight is 385 g/mol. The third-order valence-corrected chi connectivity index (χ3v) is 4.45. The number of hydrogen-bond donors (Lipinski definition) is 2. The number of carbonyl (C=O) groups is 2. The number of benzene rings is 1. The number of aromatic nitrogens is 3. The number of fused-ring (bicyclic) bond motifs is 1. The highest BCUT2D eigenvalue weighted by atomic mass is 16.2. The molecular formula is C22H19N5O2. The van der Waals surface area contributed by atoms with Gasteiger partial charge in [0.15, 0.2) is 5.69 Å². The van der Waals surface area contributed by atoms with Gasteiger partial charge in [-0.25, -0.2) is 4.98 Å². The third kappa shape index (κ3) is 3.98. The van der Waals surface area contributed by atoms with Crippen LogP contribution in [0.3, 0.4) is 0 Å². The molecule has 4 aromatic rings. The Bertz CT molecular complexity index is 1170. The van der Waals surface area contributed by atoms with Gasteiger partial charge in [-0.15, -0.1) is 0 Å².